The minimum absolute atomic E-state index is 0.205. The summed E-state index contributed by atoms with van der Waals surface area (Å²) in [4.78, 5) is 13.9. The van der Waals surface area contributed by atoms with E-state index < -0.39 is 5.60 Å². The van der Waals surface area contributed by atoms with Gasteiger partial charge in [-0.2, -0.15) is 0 Å². The molecule has 2 heterocycles. The van der Waals surface area contributed by atoms with Crippen LogP contribution in [-0.4, -0.2) is 35.7 Å². The molecule has 1 fully saturated rings. The van der Waals surface area contributed by atoms with Crippen LogP contribution in [0.5, 0.6) is 0 Å². The van der Waals surface area contributed by atoms with Crippen LogP contribution < -0.4 is 5.32 Å². The molecule has 1 aromatic heterocycles. The van der Waals surface area contributed by atoms with Gasteiger partial charge in [-0.1, -0.05) is 6.92 Å². The third-order valence-corrected chi connectivity index (χ3v) is 3.88. The Labute approximate surface area is 133 Å². The van der Waals surface area contributed by atoms with Gasteiger partial charge in [0, 0.05) is 19.1 Å². The number of carbonyl (C=O) groups is 1. The molecule has 2 rings (SSSR count). The van der Waals surface area contributed by atoms with Crippen LogP contribution in [-0.2, 0) is 4.74 Å². The first-order valence-electron chi connectivity index (χ1n) is 8.16. The Morgan fingerprint density at radius 2 is 2.14 bits per heavy atom. The highest BCUT2D eigenvalue weighted by atomic mass is 16.6. The zero-order valence-electron chi connectivity index (χ0n) is 14.1. The van der Waals surface area contributed by atoms with Gasteiger partial charge in [-0.05, 0) is 52.2 Å². The highest BCUT2D eigenvalue weighted by Gasteiger charge is 2.28. The first-order chi connectivity index (χ1) is 10.4. The molecule has 1 unspecified atom stereocenters. The quantitative estimate of drug-likeness (QED) is 0.921. The topological polar surface area (TPSA) is 54.7 Å². The third-order valence-electron chi connectivity index (χ3n) is 3.88. The lowest BCUT2D eigenvalue weighted by molar-refractivity contribution is 0.0194. The number of amides is 1. The Morgan fingerprint density at radius 1 is 1.45 bits per heavy atom. The van der Waals surface area contributed by atoms with Crippen LogP contribution in [0.3, 0.4) is 0 Å². The molecule has 124 valence electrons. The average molecular weight is 308 g/mol. The van der Waals surface area contributed by atoms with Gasteiger partial charge in [0.25, 0.3) is 0 Å². The van der Waals surface area contributed by atoms with Crippen LogP contribution >= 0.6 is 0 Å². The smallest absolute Gasteiger partial charge is 0.410 e. The molecule has 22 heavy (non-hydrogen) atoms. The average Bonchev–Trinajstić information content (AvgIpc) is 2.97. The number of likely N-dealkylation sites (tertiary alicyclic amines) is 1. The lowest BCUT2D eigenvalue weighted by atomic mass is 10.0. The van der Waals surface area contributed by atoms with Crippen LogP contribution in [0.2, 0.25) is 0 Å². The summed E-state index contributed by atoms with van der Waals surface area (Å²) in [5, 5.41) is 3.64. The number of rotatable bonds is 4. The summed E-state index contributed by atoms with van der Waals surface area (Å²) in [5.74, 6) is 0.983. The van der Waals surface area contributed by atoms with Crippen molar-refractivity contribution in [2.45, 2.75) is 64.6 Å². The zero-order chi connectivity index (χ0) is 16.2. The fraction of sp³-hybridized carbons (Fsp3) is 0.706. The molecule has 1 aromatic rings. The molecule has 0 bridgehead atoms. The lowest BCUT2D eigenvalue weighted by Crippen LogP contribution is -2.47. The molecule has 1 saturated heterocycles. The molecule has 5 nitrogen and oxygen atoms in total. The van der Waals surface area contributed by atoms with E-state index in [1.807, 2.05) is 32.9 Å². The molecule has 0 radical (unpaired) electrons. The zero-order valence-corrected chi connectivity index (χ0v) is 14.1. The fourth-order valence-electron chi connectivity index (χ4n) is 2.73. The van der Waals surface area contributed by atoms with Gasteiger partial charge in [0.1, 0.15) is 11.4 Å². The Bertz CT molecular complexity index is 457. The molecule has 0 spiro atoms. The molecule has 1 amide bonds. The van der Waals surface area contributed by atoms with E-state index in [9.17, 15) is 4.79 Å². The normalized spacial score (nSPS) is 18.3. The van der Waals surface area contributed by atoms with Gasteiger partial charge in [0.05, 0.1) is 12.3 Å². The summed E-state index contributed by atoms with van der Waals surface area (Å²) in [6, 6.07) is 4.59. The van der Waals surface area contributed by atoms with Gasteiger partial charge in [0.2, 0.25) is 0 Å². The highest BCUT2D eigenvalue weighted by Crippen LogP contribution is 2.21. The van der Waals surface area contributed by atoms with Gasteiger partial charge in [0.15, 0.2) is 0 Å². The SMILES string of the molecule is CCC(NC1CCN(C(=O)OC(C)(C)C)CC1)c1ccco1. The third kappa shape index (κ3) is 4.77. The van der Waals surface area contributed by atoms with Crippen molar-refractivity contribution in [1.29, 1.82) is 0 Å². The Kier molecular flexibility index (Phi) is 5.51. The monoisotopic (exact) mass is 308 g/mol. The highest BCUT2D eigenvalue weighted by molar-refractivity contribution is 5.68. The van der Waals surface area contributed by atoms with E-state index in [-0.39, 0.29) is 12.1 Å². The molecule has 1 aliphatic rings. The summed E-state index contributed by atoms with van der Waals surface area (Å²) < 4.78 is 10.9. The summed E-state index contributed by atoms with van der Waals surface area (Å²) in [7, 11) is 0. The maximum Gasteiger partial charge on any atom is 0.410 e. The number of ether oxygens (including phenoxy) is 1. The second-order valence-electron chi connectivity index (χ2n) is 6.88. The number of hydrogen-bond acceptors (Lipinski definition) is 4. The van der Waals surface area contributed by atoms with Crippen LogP contribution in [0.25, 0.3) is 0 Å². The second-order valence-corrected chi connectivity index (χ2v) is 6.88. The molecule has 0 saturated carbocycles. The van der Waals surface area contributed by atoms with Crippen LogP contribution in [0.15, 0.2) is 22.8 Å². The maximum atomic E-state index is 12.1. The summed E-state index contributed by atoms with van der Waals surface area (Å²) in [5.41, 5.74) is -0.432. The van der Waals surface area contributed by atoms with Crippen LogP contribution in [0, 0.1) is 0 Å². The van der Waals surface area contributed by atoms with Gasteiger partial charge in [-0.25, -0.2) is 4.79 Å². The predicted octanol–water partition coefficient (Wildman–Crippen LogP) is 3.72. The maximum absolute atomic E-state index is 12.1. The molecule has 1 atom stereocenters. The van der Waals surface area contributed by atoms with Gasteiger partial charge in [-0.3, -0.25) is 0 Å². The Balaban J connectivity index is 1.81. The van der Waals surface area contributed by atoms with E-state index in [2.05, 4.69) is 12.2 Å². The molecular weight excluding hydrogens is 280 g/mol. The molecule has 1 N–H and O–H groups in total. The number of piperidine rings is 1. The summed E-state index contributed by atoms with van der Waals surface area (Å²) >= 11 is 0. The lowest BCUT2D eigenvalue weighted by Gasteiger charge is -2.35. The molecule has 0 aromatic carbocycles. The van der Waals surface area contributed by atoms with Crippen molar-refractivity contribution in [1.82, 2.24) is 10.2 Å². The van der Waals surface area contributed by atoms with Crippen molar-refractivity contribution in [2.75, 3.05) is 13.1 Å². The number of furan rings is 1. The fourth-order valence-corrected chi connectivity index (χ4v) is 2.73. The molecule has 0 aliphatic carbocycles. The number of nitrogens with one attached hydrogen (secondary N) is 1. The van der Waals surface area contributed by atoms with E-state index in [4.69, 9.17) is 9.15 Å². The Hall–Kier alpha value is -1.49. The van der Waals surface area contributed by atoms with E-state index in [1.165, 1.54) is 0 Å². The van der Waals surface area contributed by atoms with Gasteiger partial charge < -0.3 is 19.4 Å². The number of hydrogen-bond donors (Lipinski definition) is 1. The van der Waals surface area contributed by atoms with Gasteiger partial charge >= 0.3 is 6.09 Å². The van der Waals surface area contributed by atoms with Crippen LogP contribution in [0.4, 0.5) is 4.79 Å². The summed E-state index contributed by atoms with van der Waals surface area (Å²) in [6.45, 7) is 9.32. The van der Waals surface area contributed by atoms with E-state index >= 15 is 0 Å². The minimum atomic E-state index is -0.432. The van der Waals surface area contributed by atoms with Crippen molar-refractivity contribution in [3.63, 3.8) is 0 Å². The summed E-state index contributed by atoms with van der Waals surface area (Å²) in [6.07, 6.45) is 4.38. The van der Waals surface area contributed by atoms with E-state index in [1.54, 1.807) is 11.2 Å². The van der Waals surface area contributed by atoms with Gasteiger partial charge in [-0.15, -0.1) is 0 Å². The van der Waals surface area contributed by atoms with Crippen LogP contribution in [0.1, 0.15) is 58.8 Å². The minimum Gasteiger partial charge on any atom is -0.468 e. The number of nitrogens with zero attached hydrogens (tertiary/aromatic N) is 1. The largest absolute Gasteiger partial charge is 0.468 e. The second kappa shape index (κ2) is 7.18. The first-order valence-corrected chi connectivity index (χ1v) is 8.16. The molecular formula is C17H28N2O3. The Morgan fingerprint density at radius 3 is 2.64 bits per heavy atom. The molecule has 1 aliphatic heterocycles. The van der Waals surface area contributed by atoms with Crippen molar-refractivity contribution in [3.8, 4) is 0 Å². The van der Waals surface area contributed by atoms with Crippen molar-refractivity contribution in [2.24, 2.45) is 0 Å². The first kappa shape index (κ1) is 16.9. The number of carbonyl (C=O) groups excluding carboxylic acids is 1. The standard InChI is InChI=1S/C17H28N2O3/c1-5-14(15-7-6-12-21-15)18-13-8-10-19(11-9-13)16(20)22-17(2,3)4/h6-7,12-14,18H,5,8-11H2,1-4H3. The predicted molar refractivity (Wildman–Crippen MR) is 85.7 cm³/mol. The van der Waals surface area contributed by atoms with Crippen molar-refractivity contribution < 1.29 is 13.9 Å². The van der Waals surface area contributed by atoms with E-state index in [0.29, 0.717) is 6.04 Å². The van der Waals surface area contributed by atoms with Crippen molar-refractivity contribution in [3.05, 3.63) is 24.2 Å². The van der Waals surface area contributed by atoms with E-state index in [0.717, 1.165) is 38.1 Å². The molecule has 5 heteroatoms. The van der Waals surface area contributed by atoms with Crippen molar-refractivity contribution >= 4 is 6.09 Å².